The van der Waals surface area contributed by atoms with Crippen LogP contribution in [-0.4, -0.2) is 58.1 Å². The van der Waals surface area contributed by atoms with Gasteiger partial charge < -0.3 is 19.7 Å². The number of nitro groups is 1. The highest BCUT2D eigenvalue weighted by atomic mass is 32.1. The average molecular weight is 507 g/mol. The normalized spacial score (nSPS) is 11.0. The quantitative estimate of drug-likeness (QED) is 0.268. The number of para-hydroxylation sites is 2. The summed E-state index contributed by atoms with van der Waals surface area (Å²) in [5.41, 5.74) is -0.547. The van der Waals surface area contributed by atoms with Crippen molar-refractivity contribution in [1.29, 1.82) is 0 Å². The van der Waals surface area contributed by atoms with Gasteiger partial charge in [-0.1, -0.05) is 12.1 Å². The van der Waals surface area contributed by atoms with Gasteiger partial charge in [-0.2, -0.15) is 0 Å². The monoisotopic (exact) mass is 506 g/mol. The average Bonchev–Trinajstić information content (AvgIpc) is 3.24. The minimum Gasteiger partial charge on any atom is -0.461 e. The van der Waals surface area contributed by atoms with Crippen molar-refractivity contribution in [3.63, 3.8) is 0 Å². The van der Waals surface area contributed by atoms with Crippen LogP contribution in [0.5, 0.6) is 0 Å². The molecule has 12 heteroatoms. The molecule has 2 aromatic rings. The Morgan fingerprint density at radius 2 is 1.91 bits per heavy atom. The second-order valence-electron chi connectivity index (χ2n) is 8.49. The molecule has 0 saturated carbocycles. The number of thiazole rings is 1. The van der Waals surface area contributed by atoms with E-state index in [2.05, 4.69) is 10.3 Å². The molecule has 0 atom stereocenters. The first-order valence-electron chi connectivity index (χ1n) is 11.1. The number of hydrogen-bond donors (Lipinski definition) is 1. The largest absolute Gasteiger partial charge is 0.461 e. The van der Waals surface area contributed by atoms with E-state index in [1.807, 2.05) is 0 Å². The SMILES string of the molecule is CCOC(=O)c1csc(CCN(CCCC(=O)Nc2ccccc2[N+](=O)[O-])C(=O)OC(C)(C)C)n1. The van der Waals surface area contributed by atoms with Crippen molar-refractivity contribution in [3.05, 3.63) is 50.5 Å². The molecule has 0 fully saturated rings. The molecule has 2 amide bonds. The molecular weight excluding hydrogens is 476 g/mol. The molecule has 1 heterocycles. The number of rotatable bonds is 11. The fourth-order valence-electron chi connectivity index (χ4n) is 2.96. The van der Waals surface area contributed by atoms with Gasteiger partial charge in [-0.15, -0.1) is 11.3 Å². The molecule has 1 N–H and O–H groups in total. The molecule has 11 nitrogen and oxygen atoms in total. The third-order valence-electron chi connectivity index (χ3n) is 4.49. The van der Waals surface area contributed by atoms with Gasteiger partial charge in [0, 0.05) is 37.4 Å². The number of hydrogen-bond acceptors (Lipinski definition) is 9. The van der Waals surface area contributed by atoms with E-state index in [0.29, 0.717) is 17.8 Å². The summed E-state index contributed by atoms with van der Waals surface area (Å²) in [5, 5.41) is 15.9. The van der Waals surface area contributed by atoms with Crippen molar-refractivity contribution < 1.29 is 28.8 Å². The Kier molecular flexibility index (Phi) is 10.1. The predicted molar refractivity (Wildman–Crippen MR) is 131 cm³/mol. The topological polar surface area (TPSA) is 141 Å². The Morgan fingerprint density at radius 1 is 1.20 bits per heavy atom. The van der Waals surface area contributed by atoms with Crippen molar-refractivity contribution >= 4 is 40.7 Å². The minimum atomic E-state index is -0.697. The van der Waals surface area contributed by atoms with Gasteiger partial charge in [0.2, 0.25) is 5.91 Å². The van der Waals surface area contributed by atoms with Crippen LogP contribution in [0.1, 0.15) is 56.0 Å². The van der Waals surface area contributed by atoms with Gasteiger partial charge in [0.15, 0.2) is 5.69 Å². The van der Waals surface area contributed by atoms with Gasteiger partial charge in [-0.3, -0.25) is 14.9 Å². The maximum Gasteiger partial charge on any atom is 0.410 e. The number of amides is 2. The van der Waals surface area contributed by atoms with Crippen molar-refractivity contribution in [2.24, 2.45) is 0 Å². The maximum atomic E-state index is 12.7. The number of nitrogens with one attached hydrogen (secondary N) is 1. The van der Waals surface area contributed by atoms with Crippen LogP contribution in [0, 0.1) is 10.1 Å². The molecular formula is C23H30N4O7S. The van der Waals surface area contributed by atoms with E-state index in [0.717, 1.165) is 0 Å². The Bertz CT molecular complexity index is 1050. The summed E-state index contributed by atoms with van der Waals surface area (Å²) < 4.78 is 10.4. The standard InChI is InChI=1S/C23H30N4O7S/c1-5-33-21(29)17-15-35-20(25-17)12-14-26(22(30)34-23(2,3)4)13-8-11-19(28)24-16-9-6-7-10-18(16)27(31)32/h6-7,9-10,15H,5,8,11-14H2,1-4H3,(H,24,28). The molecule has 0 aliphatic carbocycles. The highest BCUT2D eigenvalue weighted by Gasteiger charge is 2.23. The Balaban J connectivity index is 1.96. The molecule has 2 rings (SSSR count). The van der Waals surface area contributed by atoms with Crippen LogP contribution >= 0.6 is 11.3 Å². The van der Waals surface area contributed by atoms with Crippen LogP contribution < -0.4 is 5.32 Å². The van der Waals surface area contributed by atoms with Gasteiger partial charge in [-0.05, 0) is 40.2 Å². The van der Waals surface area contributed by atoms with Crippen LogP contribution in [0.15, 0.2) is 29.6 Å². The van der Waals surface area contributed by atoms with E-state index in [-0.39, 0.29) is 43.2 Å². The Hall–Kier alpha value is -3.54. The molecule has 0 spiro atoms. The lowest BCUT2D eigenvalue weighted by Crippen LogP contribution is -2.38. The van der Waals surface area contributed by atoms with Crippen LogP contribution in [0.25, 0.3) is 0 Å². The van der Waals surface area contributed by atoms with Crippen molar-refractivity contribution in [2.45, 2.75) is 52.6 Å². The van der Waals surface area contributed by atoms with Gasteiger partial charge in [0.25, 0.3) is 5.69 Å². The predicted octanol–water partition coefficient (Wildman–Crippen LogP) is 4.43. The van der Waals surface area contributed by atoms with Gasteiger partial charge in [-0.25, -0.2) is 14.6 Å². The van der Waals surface area contributed by atoms with Crippen LogP contribution in [0.2, 0.25) is 0 Å². The van der Waals surface area contributed by atoms with Crippen molar-refractivity contribution in [3.8, 4) is 0 Å². The van der Waals surface area contributed by atoms with Crippen LogP contribution in [0.3, 0.4) is 0 Å². The van der Waals surface area contributed by atoms with E-state index in [9.17, 15) is 24.5 Å². The minimum absolute atomic E-state index is 0.0512. The van der Waals surface area contributed by atoms with E-state index in [1.54, 1.807) is 39.1 Å². The smallest absolute Gasteiger partial charge is 0.410 e. The summed E-state index contributed by atoms with van der Waals surface area (Å²) >= 11 is 1.29. The summed E-state index contributed by atoms with van der Waals surface area (Å²) in [5.74, 6) is -0.897. The summed E-state index contributed by atoms with van der Waals surface area (Å²) in [6, 6.07) is 5.89. The van der Waals surface area contributed by atoms with Crippen LogP contribution in [-0.2, 0) is 20.7 Å². The fraction of sp³-hybridized carbons (Fsp3) is 0.478. The lowest BCUT2D eigenvalue weighted by Gasteiger charge is -2.27. The summed E-state index contributed by atoms with van der Waals surface area (Å²) in [4.78, 5) is 53.2. The number of esters is 1. The molecule has 0 saturated heterocycles. The summed E-state index contributed by atoms with van der Waals surface area (Å²) in [7, 11) is 0. The lowest BCUT2D eigenvalue weighted by molar-refractivity contribution is -0.383. The zero-order valence-electron chi connectivity index (χ0n) is 20.2. The molecule has 190 valence electrons. The maximum absolute atomic E-state index is 12.7. The molecule has 1 aromatic carbocycles. The highest BCUT2D eigenvalue weighted by molar-refractivity contribution is 7.09. The number of nitrogens with zero attached hydrogens (tertiary/aromatic N) is 3. The first kappa shape index (κ1) is 27.7. The number of ether oxygens (including phenoxy) is 2. The fourth-order valence-corrected chi connectivity index (χ4v) is 3.71. The Morgan fingerprint density at radius 3 is 2.57 bits per heavy atom. The van der Waals surface area contributed by atoms with E-state index in [1.165, 1.54) is 34.4 Å². The number of nitro benzene ring substituents is 1. The third-order valence-corrected chi connectivity index (χ3v) is 5.40. The zero-order valence-corrected chi connectivity index (χ0v) is 21.1. The van der Waals surface area contributed by atoms with Gasteiger partial charge in [0.1, 0.15) is 11.3 Å². The van der Waals surface area contributed by atoms with E-state index in [4.69, 9.17) is 9.47 Å². The number of carbonyl (C=O) groups excluding carboxylic acids is 3. The molecule has 0 aliphatic heterocycles. The van der Waals surface area contributed by atoms with E-state index < -0.39 is 28.5 Å². The summed E-state index contributed by atoms with van der Waals surface area (Å²) in [6.45, 7) is 7.75. The van der Waals surface area contributed by atoms with Gasteiger partial charge in [0.05, 0.1) is 16.5 Å². The number of benzene rings is 1. The molecule has 0 bridgehead atoms. The Labute approximate surface area is 207 Å². The molecule has 0 radical (unpaired) electrons. The van der Waals surface area contributed by atoms with Crippen LogP contribution in [0.4, 0.5) is 16.2 Å². The lowest BCUT2D eigenvalue weighted by atomic mass is 10.2. The number of carbonyl (C=O) groups is 3. The molecule has 0 aliphatic rings. The molecule has 1 aromatic heterocycles. The zero-order chi connectivity index (χ0) is 26.0. The first-order valence-corrected chi connectivity index (χ1v) is 12.0. The summed E-state index contributed by atoms with van der Waals surface area (Å²) in [6.07, 6.45) is 0.234. The highest BCUT2D eigenvalue weighted by Crippen LogP contribution is 2.23. The number of aromatic nitrogens is 1. The van der Waals surface area contributed by atoms with Crippen molar-refractivity contribution in [1.82, 2.24) is 9.88 Å². The molecule has 35 heavy (non-hydrogen) atoms. The molecule has 0 unspecified atom stereocenters. The second-order valence-corrected chi connectivity index (χ2v) is 9.43. The number of anilines is 1. The van der Waals surface area contributed by atoms with Gasteiger partial charge >= 0.3 is 12.1 Å². The van der Waals surface area contributed by atoms with Crippen molar-refractivity contribution in [2.75, 3.05) is 25.0 Å². The second kappa shape index (κ2) is 12.8. The third kappa shape index (κ3) is 9.32. The first-order chi connectivity index (χ1) is 16.5. The van der Waals surface area contributed by atoms with E-state index >= 15 is 0 Å².